The van der Waals surface area contributed by atoms with Crippen molar-refractivity contribution in [2.24, 2.45) is 0 Å². The number of carbonyl (C=O) groups excluding carboxylic acids is 1. The van der Waals surface area contributed by atoms with E-state index in [1.54, 1.807) is 0 Å². The Bertz CT molecular complexity index is 628. The van der Waals surface area contributed by atoms with E-state index in [4.69, 9.17) is 11.6 Å². The lowest BCUT2D eigenvalue weighted by atomic mass is 10.1. The first-order valence-corrected chi connectivity index (χ1v) is 7.81. The molecular weight excluding hydrogens is 385 g/mol. The number of nitrogens with one attached hydrogen (secondary N) is 1. The fourth-order valence-electron chi connectivity index (χ4n) is 1.93. The number of benzene rings is 2. The number of hydrogen-bond acceptors (Lipinski definition) is 1. The summed E-state index contributed by atoms with van der Waals surface area (Å²) in [5.74, 6) is 0.0225. The predicted octanol–water partition coefficient (Wildman–Crippen LogP) is 4.82. The summed E-state index contributed by atoms with van der Waals surface area (Å²) >= 11 is 8.18. The number of hydrogen-bond donors (Lipinski definition) is 1. The molecule has 0 heterocycles. The van der Waals surface area contributed by atoms with Crippen LogP contribution in [0.4, 0.5) is 5.69 Å². The molecule has 1 amide bonds. The summed E-state index contributed by atoms with van der Waals surface area (Å²) in [6, 6.07) is 13.6. The third-order valence-electron chi connectivity index (χ3n) is 2.99. The van der Waals surface area contributed by atoms with Crippen LogP contribution in [0.2, 0.25) is 5.02 Å². The zero-order chi connectivity index (χ0) is 14.5. The largest absolute Gasteiger partial charge is 0.326 e. The van der Waals surface area contributed by atoms with Crippen molar-refractivity contribution in [3.63, 3.8) is 0 Å². The van der Waals surface area contributed by atoms with Crippen LogP contribution >= 0.6 is 34.2 Å². The number of aryl methyl sites for hydroxylation is 2. The minimum Gasteiger partial charge on any atom is -0.326 e. The second-order valence-electron chi connectivity index (χ2n) is 4.64. The third kappa shape index (κ3) is 4.49. The molecule has 0 aliphatic rings. The van der Waals surface area contributed by atoms with Gasteiger partial charge in [-0.3, -0.25) is 4.79 Å². The van der Waals surface area contributed by atoms with Crippen LogP contribution in [-0.4, -0.2) is 5.91 Å². The molecular formula is C16H15ClINO. The van der Waals surface area contributed by atoms with Crippen molar-refractivity contribution >= 4 is 45.8 Å². The van der Waals surface area contributed by atoms with Crippen LogP contribution in [0, 0.1) is 10.5 Å². The standard InChI is InChI=1S/C16H15ClINO/c1-11-9-14(18)6-7-15(11)19-16(20)8-5-12-3-2-4-13(17)10-12/h2-4,6-7,9-10H,5,8H2,1H3,(H,19,20). The molecule has 0 aliphatic carbocycles. The first kappa shape index (κ1) is 15.3. The Morgan fingerprint density at radius 2 is 2.05 bits per heavy atom. The number of carbonyl (C=O) groups is 1. The molecule has 0 bridgehead atoms. The number of anilines is 1. The average Bonchev–Trinajstić information content (AvgIpc) is 2.40. The van der Waals surface area contributed by atoms with Crippen LogP contribution in [0.3, 0.4) is 0 Å². The SMILES string of the molecule is Cc1cc(I)ccc1NC(=O)CCc1cccc(Cl)c1. The van der Waals surface area contributed by atoms with Crippen molar-refractivity contribution in [1.82, 2.24) is 0 Å². The highest BCUT2D eigenvalue weighted by Gasteiger charge is 2.06. The van der Waals surface area contributed by atoms with E-state index in [2.05, 4.69) is 27.9 Å². The van der Waals surface area contributed by atoms with Crippen LogP contribution in [0.15, 0.2) is 42.5 Å². The lowest BCUT2D eigenvalue weighted by Crippen LogP contribution is -2.13. The van der Waals surface area contributed by atoms with Gasteiger partial charge in [0, 0.05) is 20.7 Å². The molecule has 0 spiro atoms. The van der Waals surface area contributed by atoms with E-state index in [1.165, 1.54) is 0 Å². The smallest absolute Gasteiger partial charge is 0.224 e. The summed E-state index contributed by atoms with van der Waals surface area (Å²) in [7, 11) is 0. The highest BCUT2D eigenvalue weighted by atomic mass is 127. The molecule has 0 saturated carbocycles. The van der Waals surface area contributed by atoms with Crippen molar-refractivity contribution in [1.29, 1.82) is 0 Å². The predicted molar refractivity (Wildman–Crippen MR) is 92.3 cm³/mol. The Morgan fingerprint density at radius 3 is 2.75 bits per heavy atom. The van der Waals surface area contributed by atoms with Gasteiger partial charge in [0.2, 0.25) is 5.91 Å². The minimum absolute atomic E-state index is 0.0225. The maximum absolute atomic E-state index is 12.0. The number of amides is 1. The van der Waals surface area contributed by atoms with Crippen molar-refractivity contribution in [2.45, 2.75) is 19.8 Å². The molecule has 104 valence electrons. The highest BCUT2D eigenvalue weighted by molar-refractivity contribution is 14.1. The van der Waals surface area contributed by atoms with Crippen LogP contribution in [0.5, 0.6) is 0 Å². The van der Waals surface area contributed by atoms with Gasteiger partial charge in [0.25, 0.3) is 0 Å². The maximum Gasteiger partial charge on any atom is 0.224 e. The van der Waals surface area contributed by atoms with Crippen LogP contribution in [-0.2, 0) is 11.2 Å². The molecule has 0 atom stereocenters. The summed E-state index contributed by atoms with van der Waals surface area (Å²) in [5.41, 5.74) is 3.03. The van der Waals surface area contributed by atoms with E-state index in [0.29, 0.717) is 17.9 Å². The first-order valence-electron chi connectivity index (χ1n) is 6.35. The van der Waals surface area contributed by atoms with Gasteiger partial charge in [-0.05, 0) is 77.4 Å². The topological polar surface area (TPSA) is 29.1 Å². The third-order valence-corrected chi connectivity index (χ3v) is 3.90. The first-order chi connectivity index (χ1) is 9.54. The monoisotopic (exact) mass is 399 g/mol. The molecule has 20 heavy (non-hydrogen) atoms. The Balaban J connectivity index is 1.92. The lowest BCUT2D eigenvalue weighted by molar-refractivity contribution is -0.116. The average molecular weight is 400 g/mol. The van der Waals surface area contributed by atoms with E-state index in [9.17, 15) is 4.79 Å². The fraction of sp³-hybridized carbons (Fsp3) is 0.188. The molecule has 0 saturated heterocycles. The Labute approximate surface area is 137 Å². The second-order valence-corrected chi connectivity index (χ2v) is 6.32. The summed E-state index contributed by atoms with van der Waals surface area (Å²) in [5, 5.41) is 3.65. The maximum atomic E-state index is 12.0. The fourth-order valence-corrected chi connectivity index (χ4v) is 2.79. The number of halogens is 2. The molecule has 4 heteroatoms. The van der Waals surface area contributed by atoms with Gasteiger partial charge in [-0.15, -0.1) is 0 Å². The molecule has 0 fully saturated rings. The van der Waals surface area contributed by atoms with Crippen molar-refractivity contribution in [2.75, 3.05) is 5.32 Å². The van der Waals surface area contributed by atoms with Crippen molar-refractivity contribution in [3.05, 3.63) is 62.2 Å². The summed E-state index contributed by atoms with van der Waals surface area (Å²) < 4.78 is 1.16. The molecule has 0 aliphatic heterocycles. The summed E-state index contributed by atoms with van der Waals surface area (Å²) in [6.45, 7) is 1.99. The summed E-state index contributed by atoms with van der Waals surface area (Å²) in [6.07, 6.45) is 1.14. The van der Waals surface area contributed by atoms with Gasteiger partial charge in [-0.1, -0.05) is 23.7 Å². The van der Waals surface area contributed by atoms with Gasteiger partial charge in [0.1, 0.15) is 0 Å². The van der Waals surface area contributed by atoms with Gasteiger partial charge in [0.05, 0.1) is 0 Å². The van der Waals surface area contributed by atoms with Crippen molar-refractivity contribution < 1.29 is 4.79 Å². The summed E-state index contributed by atoms with van der Waals surface area (Å²) in [4.78, 5) is 12.0. The van der Waals surface area contributed by atoms with Gasteiger partial charge in [-0.25, -0.2) is 0 Å². The van der Waals surface area contributed by atoms with E-state index in [-0.39, 0.29) is 5.91 Å². The van der Waals surface area contributed by atoms with E-state index < -0.39 is 0 Å². The quantitative estimate of drug-likeness (QED) is 0.734. The molecule has 2 nitrogen and oxygen atoms in total. The van der Waals surface area contributed by atoms with Crippen molar-refractivity contribution in [3.8, 4) is 0 Å². The molecule has 0 unspecified atom stereocenters. The molecule has 2 rings (SSSR count). The van der Waals surface area contributed by atoms with Gasteiger partial charge >= 0.3 is 0 Å². The van der Waals surface area contributed by atoms with Gasteiger partial charge in [0.15, 0.2) is 0 Å². The van der Waals surface area contributed by atoms with Gasteiger partial charge < -0.3 is 5.32 Å². The van der Waals surface area contributed by atoms with E-state index in [1.807, 2.05) is 49.4 Å². The van der Waals surface area contributed by atoms with Crippen LogP contribution in [0.25, 0.3) is 0 Å². The zero-order valence-corrected chi connectivity index (χ0v) is 14.0. The molecule has 2 aromatic carbocycles. The second kappa shape index (κ2) is 7.09. The molecule has 0 aromatic heterocycles. The number of rotatable bonds is 4. The van der Waals surface area contributed by atoms with Gasteiger partial charge in [-0.2, -0.15) is 0 Å². The highest BCUT2D eigenvalue weighted by Crippen LogP contribution is 2.18. The van der Waals surface area contributed by atoms with Crippen LogP contribution in [0.1, 0.15) is 17.5 Å². The Kier molecular flexibility index (Phi) is 5.43. The Morgan fingerprint density at radius 1 is 1.25 bits per heavy atom. The lowest BCUT2D eigenvalue weighted by Gasteiger charge is -2.09. The minimum atomic E-state index is 0.0225. The van der Waals surface area contributed by atoms with Crippen LogP contribution < -0.4 is 5.32 Å². The molecule has 0 radical (unpaired) electrons. The van der Waals surface area contributed by atoms with E-state index in [0.717, 1.165) is 20.4 Å². The normalized spacial score (nSPS) is 10.3. The molecule has 2 aromatic rings. The Hall–Kier alpha value is -1.07. The van der Waals surface area contributed by atoms with E-state index >= 15 is 0 Å². The molecule has 1 N–H and O–H groups in total. The zero-order valence-electron chi connectivity index (χ0n) is 11.1.